The van der Waals surface area contributed by atoms with Gasteiger partial charge in [0.1, 0.15) is 5.82 Å². The van der Waals surface area contributed by atoms with Gasteiger partial charge in [-0.15, -0.1) is 0 Å². The van der Waals surface area contributed by atoms with Crippen molar-refractivity contribution in [3.8, 4) is 33.9 Å². The molecule has 4 rings (SSSR count). The molecule has 4 aromatic rings. The fraction of sp³-hybridized carbons (Fsp3) is 0.0455. The van der Waals surface area contributed by atoms with E-state index < -0.39 is 0 Å². The third-order valence-corrected chi connectivity index (χ3v) is 4.65. The zero-order chi connectivity index (χ0) is 19.0. The number of aromatic hydroxyl groups is 1. The Kier molecular flexibility index (Phi) is 4.42. The largest absolute Gasteiger partial charge is 0.504 e. The fourth-order valence-electron chi connectivity index (χ4n) is 3.09. The summed E-state index contributed by atoms with van der Waals surface area (Å²) < 4.78 is 19.7. The van der Waals surface area contributed by atoms with Crippen LogP contribution >= 0.6 is 11.6 Å². The van der Waals surface area contributed by atoms with Crippen LogP contribution in [0.3, 0.4) is 0 Å². The molecule has 27 heavy (non-hydrogen) atoms. The molecule has 0 radical (unpaired) electrons. The van der Waals surface area contributed by atoms with Crippen molar-refractivity contribution in [1.29, 1.82) is 0 Å². The van der Waals surface area contributed by atoms with Gasteiger partial charge >= 0.3 is 0 Å². The molecule has 0 bridgehead atoms. The van der Waals surface area contributed by atoms with Gasteiger partial charge in [-0.1, -0.05) is 29.8 Å². The second-order valence-corrected chi connectivity index (χ2v) is 6.52. The Bertz CT molecular complexity index is 1160. The van der Waals surface area contributed by atoms with Gasteiger partial charge in [-0.2, -0.15) is 0 Å². The molecule has 0 fully saturated rings. The maximum Gasteiger partial charge on any atom is 0.161 e. The zero-order valence-electron chi connectivity index (χ0n) is 14.4. The third kappa shape index (κ3) is 3.20. The molecular formula is C22H15ClFNO2. The van der Waals surface area contributed by atoms with Crippen molar-refractivity contribution < 1.29 is 14.2 Å². The normalized spacial score (nSPS) is 10.9. The number of phenolic OH excluding ortho intramolecular Hbond substituents is 1. The lowest BCUT2D eigenvalue weighted by molar-refractivity contribution is 0.373. The summed E-state index contributed by atoms with van der Waals surface area (Å²) in [7, 11) is 1.49. The summed E-state index contributed by atoms with van der Waals surface area (Å²) in [6.45, 7) is 0. The van der Waals surface area contributed by atoms with E-state index in [1.54, 1.807) is 48.5 Å². The van der Waals surface area contributed by atoms with E-state index in [9.17, 15) is 9.50 Å². The minimum Gasteiger partial charge on any atom is -0.504 e. The first kappa shape index (κ1) is 17.3. The quantitative estimate of drug-likeness (QED) is 0.469. The van der Waals surface area contributed by atoms with E-state index in [0.29, 0.717) is 33.1 Å². The van der Waals surface area contributed by atoms with Crippen molar-refractivity contribution in [2.24, 2.45) is 0 Å². The van der Waals surface area contributed by atoms with E-state index in [1.807, 2.05) is 12.1 Å². The molecule has 3 aromatic carbocycles. The Morgan fingerprint density at radius 2 is 1.78 bits per heavy atom. The number of methoxy groups -OCH3 is 1. The van der Waals surface area contributed by atoms with E-state index in [1.165, 1.54) is 13.2 Å². The highest BCUT2D eigenvalue weighted by Crippen LogP contribution is 2.36. The van der Waals surface area contributed by atoms with Crippen molar-refractivity contribution in [3.05, 3.63) is 77.6 Å². The molecule has 0 atom stereocenters. The number of phenols is 1. The van der Waals surface area contributed by atoms with Crippen LogP contribution in [0.1, 0.15) is 0 Å². The van der Waals surface area contributed by atoms with Crippen molar-refractivity contribution in [3.63, 3.8) is 0 Å². The van der Waals surface area contributed by atoms with Crippen LogP contribution in [0, 0.1) is 5.82 Å². The first-order valence-corrected chi connectivity index (χ1v) is 8.67. The van der Waals surface area contributed by atoms with Crippen LogP contribution in [0.2, 0.25) is 5.02 Å². The maximum absolute atomic E-state index is 14.5. The SMILES string of the molecule is COc1cc(-c2cc(-c3ccccc3F)c3cc(Cl)ccc3n2)ccc1O. The molecule has 0 saturated carbocycles. The standard InChI is InChI=1S/C22H15ClFNO2/c1-27-22-10-13(6-9-21(22)26)20-12-16(15-4-2-3-5-18(15)24)17-11-14(23)7-8-19(17)25-20/h2-12,26H,1H3. The van der Waals surface area contributed by atoms with Gasteiger partial charge in [-0.25, -0.2) is 9.37 Å². The summed E-state index contributed by atoms with van der Waals surface area (Å²) in [4.78, 5) is 4.69. The maximum atomic E-state index is 14.5. The van der Waals surface area contributed by atoms with Gasteiger partial charge in [0.25, 0.3) is 0 Å². The zero-order valence-corrected chi connectivity index (χ0v) is 15.2. The van der Waals surface area contributed by atoms with Crippen molar-refractivity contribution in [1.82, 2.24) is 4.98 Å². The predicted octanol–water partition coefficient (Wildman–Crippen LogP) is 6.08. The van der Waals surface area contributed by atoms with E-state index in [4.69, 9.17) is 16.3 Å². The third-order valence-electron chi connectivity index (χ3n) is 4.41. The van der Waals surface area contributed by atoms with Crippen LogP contribution in [-0.2, 0) is 0 Å². The van der Waals surface area contributed by atoms with Crippen molar-refractivity contribution in [2.45, 2.75) is 0 Å². The van der Waals surface area contributed by atoms with Crippen molar-refractivity contribution >= 4 is 22.5 Å². The molecule has 1 N–H and O–H groups in total. The van der Waals surface area contributed by atoms with Crippen LogP contribution in [0.5, 0.6) is 11.5 Å². The van der Waals surface area contributed by atoms with Gasteiger partial charge in [0.2, 0.25) is 0 Å². The lowest BCUT2D eigenvalue weighted by atomic mass is 9.98. The molecule has 1 heterocycles. The Labute approximate surface area is 160 Å². The lowest BCUT2D eigenvalue weighted by Crippen LogP contribution is -1.93. The second kappa shape index (κ2) is 6.89. The van der Waals surface area contributed by atoms with E-state index in [2.05, 4.69) is 4.98 Å². The Hall–Kier alpha value is -3.11. The number of nitrogens with zero attached hydrogens (tertiary/aromatic N) is 1. The van der Waals surface area contributed by atoms with Gasteiger partial charge < -0.3 is 9.84 Å². The molecule has 0 amide bonds. The van der Waals surface area contributed by atoms with E-state index in [0.717, 1.165) is 10.9 Å². The van der Waals surface area contributed by atoms with Crippen molar-refractivity contribution in [2.75, 3.05) is 7.11 Å². The molecule has 0 saturated heterocycles. The summed E-state index contributed by atoms with van der Waals surface area (Å²) in [5.74, 6) is 0.0697. The number of ether oxygens (including phenoxy) is 1. The van der Waals surface area contributed by atoms with Gasteiger partial charge in [0, 0.05) is 21.5 Å². The van der Waals surface area contributed by atoms with Crippen LogP contribution in [-0.4, -0.2) is 17.2 Å². The summed E-state index contributed by atoms with van der Waals surface area (Å²) in [6.07, 6.45) is 0. The van der Waals surface area contributed by atoms with Crippen LogP contribution in [0.15, 0.2) is 66.7 Å². The Morgan fingerprint density at radius 3 is 2.56 bits per heavy atom. The number of pyridine rings is 1. The number of benzene rings is 3. The van der Waals surface area contributed by atoms with Gasteiger partial charge in [-0.05, 0) is 54.1 Å². The fourth-order valence-corrected chi connectivity index (χ4v) is 3.26. The van der Waals surface area contributed by atoms with Gasteiger partial charge in [0.15, 0.2) is 11.5 Å². The number of hydrogen-bond donors (Lipinski definition) is 1. The average Bonchev–Trinajstić information content (AvgIpc) is 2.68. The Balaban J connectivity index is 2.02. The summed E-state index contributed by atoms with van der Waals surface area (Å²) in [5.41, 5.74) is 3.25. The van der Waals surface area contributed by atoms with E-state index >= 15 is 0 Å². The van der Waals surface area contributed by atoms with Gasteiger partial charge in [-0.3, -0.25) is 0 Å². The van der Waals surface area contributed by atoms with Crippen LogP contribution in [0.25, 0.3) is 33.3 Å². The molecule has 134 valence electrons. The summed E-state index contributed by atoms with van der Waals surface area (Å²) >= 11 is 6.17. The predicted molar refractivity (Wildman–Crippen MR) is 106 cm³/mol. The molecule has 0 aliphatic heterocycles. The minimum atomic E-state index is -0.320. The van der Waals surface area contributed by atoms with Crippen LogP contribution < -0.4 is 4.74 Å². The summed E-state index contributed by atoms with van der Waals surface area (Å²) in [6, 6.07) is 18.8. The highest BCUT2D eigenvalue weighted by Gasteiger charge is 2.14. The number of fused-ring (bicyclic) bond motifs is 1. The topological polar surface area (TPSA) is 42.4 Å². The summed E-state index contributed by atoms with van der Waals surface area (Å²) in [5, 5.41) is 11.2. The van der Waals surface area contributed by atoms with Gasteiger partial charge in [0.05, 0.1) is 18.3 Å². The average molecular weight is 380 g/mol. The molecule has 0 unspecified atom stereocenters. The number of hydrogen-bond acceptors (Lipinski definition) is 3. The smallest absolute Gasteiger partial charge is 0.161 e. The highest BCUT2D eigenvalue weighted by molar-refractivity contribution is 6.31. The van der Waals surface area contributed by atoms with Crippen LogP contribution in [0.4, 0.5) is 4.39 Å². The Morgan fingerprint density at radius 1 is 0.963 bits per heavy atom. The number of rotatable bonds is 3. The molecule has 5 heteroatoms. The molecular weight excluding hydrogens is 365 g/mol. The molecule has 1 aromatic heterocycles. The molecule has 3 nitrogen and oxygen atoms in total. The molecule has 0 aliphatic rings. The molecule has 0 spiro atoms. The minimum absolute atomic E-state index is 0.0446. The first-order valence-electron chi connectivity index (χ1n) is 8.29. The first-order chi connectivity index (χ1) is 13.1. The molecule has 0 aliphatic carbocycles. The number of halogens is 2. The van der Waals surface area contributed by atoms with E-state index in [-0.39, 0.29) is 11.6 Å². The highest BCUT2D eigenvalue weighted by atomic mass is 35.5. The second-order valence-electron chi connectivity index (χ2n) is 6.08. The monoisotopic (exact) mass is 379 g/mol. The number of aromatic nitrogens is 1. The lowest BCUT2D eigenvalue weighted by Gasteiger charge is -2.12.